The number of hydrogen-bond acceptors (Lipinski definition) is 2. The van der Waals surface area contributed by atoms with Crippen LogP contribution in [0.4, 0.5) is 5.82 Å². The number of amides is 1. The van der Waals surface area contributed by atoms with Gasteiger partial charge in [0.1, 0.15) is 0 Å². The smallest absolute Gasteiger partial charge is 0.257 e. The summed E-state index contributed by atoms with van der Waals surface area (Å²) in [5, 5.41) is 8.04. The largest absolute Gasteiger partial charge is 0.305 e. The summed E-state index contributed by atoms with van der Waals surface area (Å²) in [6.07, 6.45) is 0. The predicted molar refractivity (Wildman–Crippen MR) is 105 cm³/mol. The number of aromatic nitrogens is 2. The van der Waals surface area contributed by atoms with Crippen molar-refractivity contribution in [1.82, 2.24) is 9.78 Å². The van der Waals surface area contributed by atoms with Crippen molar-refractivity contribution in [2.24, 2.45) is 0 Å². The molecule has 0 bridgehead atoms. The molecule has 1 N–H and O–H groups in total. The van der Waals surface area contributed by atoms with Crippen molar-refractivity contribution in [3.63, 3.8) is 0 Å². The minimum atomic E-state index is -0.156. The van der Waals surface area contributed by atoms with Crippen LogP contribution < -0.4 is 5.32 Å². The van der Waals surface area contributed by atoms with Gasteiger partial charge in [0.25, 0.3) is 5.91 Å². The van der Waals surface area contributed by atoms with E-state index in [4.69, 9.17) is 11.6 Å². The number of nitrogens with one attached hydrogen (secondary N) is 1. The molecule has 0 saturated heterocycles. The Morgan fingerprint density at radius 1 is 1.21 bits per heavy atom. The van der Waals surface area contributed by atoms with Gasteiger partial charge in [-0.05, 0) is 59.3 Å². The third-order valence-electron chi connectivity index (χ3n) is 3.59. The van der Waals surface area contributed by atoms with Crippen LogP contribution in [-0.2, 0) is 6.54 Å². The van der Waals surface area contributed by atoms with Crippen LogP contribution in [-0.4, -0.2) is 15.7 Å². The summed E-state index contributed by atoms with van der Waals surface area (Å²) in [6, 6.07) is 17.0. The zero-order valence-electron chi connectivity index (χ0n) is 13.0. The molecule has 0 radical (unpaired) electrons. The van der Waals surface area contributed by atoms with E-state index in [0.29, 0.717) is 22.9 Å². The summed E-state index contributed by atoms with van der Waals surface area (Å²) in [5.74, 6) is 0.391. The molecule has 0 aliphatic rings. The lowest BCUT2D eigenvalue weighted by Crippen LogP contribution is -2.14. The summed E-state index contributed by atoms with van der Waals surface area (Å²) in [7, 11) is 0. The standard InChI is InChI=1S/C18H15ClIN3O/c1-12-10-17(21-18(24)15-4-2-3-5-16(15)20)22-23(12)11-13-6-8-14(19)9-7-13/h2-10H,11H2,1H3,(H,21,22,24). The minimum absolute atomic E-state index is 0.156. The van der Waals surface area contributed by atoms with Crippen LogP contribution in [0.25, 0.3) is 0 Å². The van der Waals surface area contributed by atoms with E-state index in [1.807, 2.05) is 60.1 Å². The number of rotatable bonds is 4. The monoisotopic (exact) mass is 451 g/mol. The van der Waals surface area contributed by atoms with Crippen LogP contribution in [0.2, 0.25) is 5.02 Å². The average Bonchev–Trinajstić information content (AvgIpc) is 2.89. The molecule has 122 valence electrons. The SMILES string of the molecule is Cc1cc(NC(=O)c2ccccc2I)nn1Cc1ccc(Cl)cc1. The molecule has 0 aliphatic carbocycles. The van der Waals surface area contributed by atoms with E-state index in [2.05, 4.69) is 33.0 Å². The second-order valence-electron chi connectivity index (χ2n) is 5.39. The molecule has 1 heterocycles. The van der Waals surface area contributed by atoms with E-state index in [-0.39, 0.29) is 5.91 Å². The zero-order valence-corrected chi connectivity index (χ0v) is 15.9. The van der Waals surface area contributed by atoms with Gasteiger partial charge in [0.15, 0.2) is 5.82 Å². The molecule has 2 aromatic carbocycles. The predicted octanol–water partition coefficient (Wildman–Crippen LogP) is 4.75. The van der Waals surface area contributed by atoms with Crippen molar-refractivity contribution in [2.75, 3.05) is 5.32 Å². The maximum Gasteiger partial charge on any atom is 0.257 e. The molecule has 4 nitrogen and oxygen atoms in total. The van der Waals surface area contributed by atoms with E-state index >= 15 is 0 Å². The maximum absolute atomic E-state index is 12.4. The lowest BCUT2D eigenvalue weighted by Gasteiger charge is -2.05. The fourth-order valence-electron chi connectivity index (χ4n) is 2.32. The normalized spacial score (nSPS) is 10.6. The van der Waals surface area contributed by atoms with Gasteiger partial charge in [0, 0.05) is 20.4 Å². The first-order chi connectivity index (χ1) is 11.5. The van der Waals surface area contributed by atoms with Crippen LogP contribution in [0, 0.1) is 10.5 Å². The highest BCUT2D eigenvalue weighted by Gasteiger charge is 2.12. The fraction of sp³-hybridized carbons (Fsp3) is 0.111. The van der Waals surface area contributed by atoms with E-state index in [1.165, 1.54) is 0 Å². The number of carbonyl (C=O) groups excluding carboxylic acids is 1. The molecule has 1 aromatic heterocycles. The highest BCUT2D eigenvalue weighted by Crippen LogP contribution is 2.16. The van der Waals surface area contributed by atoms with Crippen LogP contribution >= 0.6 is 34.2 Å². The summed E-state index contributed by atoms with van der Waals surface area (Å²) >= 11 is 8.06. The Morgan fingerprint density at radius 2 is 1.92 bits per heavy atom. The quantitative estimate of drug-likeness (QED) is 0.582. The number of nitrogens with zero attached hydrogens (tertiary/aromatic N) is 2. The first-order valence-electron chi connectivity index (χ1n) is 7.38. The van der Waals surface area contributed by atoms with Crippen LogP contribution in [0.1, 0.15) is 21.6 Å². The van der Waals surface area contributed by atoms with Crippen molar-refractivity contribution in [3.05, 3.63) is 80.0 Å². The van der Waals surface area contributed by atoms with E-state index in [9.17, 15) is 4.79 Å². The molecule has 0 unspecified atom stereocenters. The van der Waals surface area contributed by atoms with Crippen molar-refractivity contribution < 1.29 is 4.79 Å². The summed E-state index contributed by atoms with van der Waals surface area (Å²) in [5.41, 5.74) is 2.71. The van der Waals surface area contributed by atoms with Crippen LogP contribution in [0.5, 0.6) is 0 Å². The molecule has 1 amide bonds. The van der Waals surface area contributed by atoms with Gasteiger partial charge >= 0.3 is 0 Å². The van der Waals surface area contributed by atoms with Gasteiger partial charge in [-0.15, -0.1) is 0 Å². The molecule has 6 heteroatoms. The van der Waals surface area contributed by atoms with Gasteiger partial charge in [-0.1, -0.05) is 35.9 Å². The van der Waals surface area contributed by atoms with Gasteiger partial charge < -0.3 is 5.32 Å². The van der Waals surface area contributed by atoms with Gasteiger partial charge in [0.05, 0.1) is 12.1 Å². The molecule has 0 atom stereocenters. The van der Waals surface area contributed by atoms with Crippen molar-refractivity contribution in [3.8, 4) is 0 Å². The van der Waals surface area contributed by atoms with Gasteiger partial charge in [-0.25, -0.2) is 0 Å². The van der Waals surface area contributed by atoms with Crippen LogP contribution in [0.3, 0.4) is 0 Å². The molecule has 24 heavy (non-hydrogen) atoms. The third kappa shape index (κ3) is 3.96. The Labute approximate surface area is 159 Å². The molecular formula is C18H15ClIN3O. The Bertz CT molecular complexity index is 874. The topological polar surface area (TPSA) is 46.9 Å². The number of anilines is 1. The number of benzene rings is 2. The molecule has 0 aliphatic heterocycles. The van der Waals surface area contributed by atoms with E-state index in [0.717, 1.165) is 14.8 Å². The van der Waals surface area contributed by atoms with Gasteiger partial charge in [0.2, 0.25) is 0 Å². The third-order valence-corrected chi connectivity index (χ3v) is 4.78. The number of carbonyl (C=O) groups is 1. The van der Waals surface area contributed by atoms with Gasteiger partial charge in [-0.2, -0.15) is 5.10 Å². The fourth-order valence-corrected chi connectivity index (χ4v) is 3.08. The van der Waals surface area contributed by atoms with Crippen molar-refractivity contribution >= 4 is 45.9 Å². The second kappa shape index (κ2) is 7.36. The van der Waals surface area contributed by atoms with Crippen LogP contribution in [0.15, 0.2) is 54.6 Å². The Morgan fingerprint density at radius 3 is 2.62 bits per heavy atom. The minimum Gasteiger partial charge on any atom is -0.305 e. The Kier molecular flexibility index (Phi) is 5.20. The number of hydrogen-bond donors (Lipinski definition) is 1. The maximum atomic E-state index is 12.4. The zero-order chi connectivity index (χ0) is 17.1. The second-order valence-corrected chi connectivity index (χ2v) is 6.99. The Balaban J connectivity index is 1.75. The molecule has 0 saturated carbocycles. The molecule has 0 fully saturated rings. The molecule has 3 aromatic rings. The van der Waals surface area contributed by atoms with Crippen molar-refractivity contribution in [2.45, 2.75) is 13.5 Å². The van der Waals surface area contributed by atoms with E-state index in [1.54, 1.807) is 6.07 Å². The molecule has 3 rings (SSSR count). The average molecular weight is 452 g/mol. The first kappa shape index (κ1) is 17.0. The molecular weight excluding hydrogens is 437 g/mol. The lowest BCUT2D eigenvalue weighted by molar-refractivity contribution is 0.102. The Hall–Kier alpha value is -1.86. The molecule has 0 spiro atoms. The van der Waals surface area contributed by atoms with Gasteiger partial charge in [-0.3, -0.25) is 9.48 Å². The summed E-state index contributed by atoms with van der Waals surface area (Å²) in [4.78, 5) is 12.4. The number of aryl methyl sites for hydroxylation is 1. The first-order valence-corrected chi connectivity index (χ1v) is 8.83. The summed E-state index contributed by atoms with van der Waals surface area (Å²) in [6.45, 7) is 2.59. The number of halogens is 2. The summed E-state index contributed by atoms with van der Waals surface area (Å²) < 4.78 is 2.76. The van der Waals surface area contributed by atoms with E-state index < -0.39 is 0 Å². The lowest BCUT2D eigenvalue weighted by atomic mass is 10.2. The highest BCUT2D eigenvalue weighted by atomic mass is 127. The van der Waals surface area contributed by atoms with Crippen molar-refractivity contribution in [1.29, 1.82) is 0 Å². The highest BCUT2D eigenvalue weighted by molar-refractivity contribution is 14.1.